The van der Waals surface area contributed by atoms with E-state index in [0.717, 1.165) is 44.2 Å². The summed E-state index contributed by atoms with van der Waals surface area (Å²) in [4.78, 5) is 3.93. The van der Waals surface area contributed by atoms with E-state index >= 15 is 0 Å². The molecule has 5 nitrogen and oxygen atoms in total. The van der Waals surface area contributed by atoms with Gasteiger partial charge in [-0.05, 0) is 31.2 Å². The van der Waals surface area contributed by atoms with Gasteiger partial charge in [0, 0.05) is 11.3 Å². The Morgan fingerprint density at radius 1 is 1.00 bits per heavy atom. The highest BCUT2D eigenvalue weighted by molar-refractivity contribution is 5.53. The summed E-state index contributed by atoms with van der Waals surface area (Å²) in [7, 11) is 0. The van der Waals surface area contributed by atoms with Crippen molar-refractivity contribution in [2.24, 2.45) is 0 Å². The number of nitrogens with one attached hydrogen (secondary N) is 1. The molecule has 1 N–H and O–H groups in total. The molecule has 0 amide bonds. The summed E-state index contributed by atoms with van der Waals surface area (Å²) in [6.07, 6.45) is 0. The van der Waals surface area contributed by atoms with Crippen molar-refractivity contribution >= 4 is 5.69 Å². The van der Waals surface area contributed by atoms with Crippen LogP contribution in [0, 0.1) is 6.92 Å². The number of aryl methyl sites for hydroxylation is 1. The third-order valence-corrected chi connectivity index (χ3v) is 4.72. The van der Waals surface area contributed by atoms with Gasteiger partial charge in [-0.15, -0.1) is 10.2 Å². The molecule has 0 bridgehead atoms. The Morgan fingerprint density at radius 2 is 1.80 bits per heavy atom. The number of piperazine rings is 1. The van der Waals surface area contributed by atoms with Crippen LogP contribution >= 0.6 is 0 Å². The van der Waals surface area contributed by atoms with E-state index in [4.69, 9.17) is 4.42 Å². The molecule has 2 heterocycles. The predicted molar refractivity (Wildman–Crippen MR) is 97.5 cm³/mol. The molecule has 2 aromatic carbocycles. The van der Waals surface area contributed by atoms with Crippen molar-refractivity contribution in [3.05, 3.63) is 66.1 Å². The molecular weight excluding hydrogens is 312 g/mol. The van der Waals surface area contributed by atoms with E-state index in [9.17, 15) is 0 Å². The van der Waals surface area contributed by atoms with E-state index in [1.54, 1.807) is 0 Å². The highest BCUT2D eigenvalue weighted by Gasteiger charge is 2.22. The van der Waals surface area contributed by atoms with Crippen LogP contribution in [0.1, 0.15) is 11.5 Å². The number of hydrogen-bond donors (Lipinski definition) is 1. The second-order valence-electron chi connectivity index (χ2n) is 6.62. The third kappa shape index (κ3) is 3.72. The summed E-state index contributed by atoms with van der Waals surface area (Å²) < 4.78 is 5.88. The van der Waals surface area contributed by atoms with Gasteiger partial charge >= 0.3 is 0 Å². The van der Waals surface area contributed by atoms with Crippen LogP contribution < -0.4 is 9.80 Å². The van der Waals surface area contributed by atoms with Gasteiger partial charge in [0.25, 0.3) is 5.89 Å². The third-order valence-electron chi connectivity index (χ3n) is 4.72. The van der Waals surface area contributed by atoms with Crippen molar-refractivity contribution in [1.82, 2.24) is 10.2 Å². The standard InChI is InChI=1S/C20H22N4O/c1-16-6-5-7-17(14-16)20-22-21-19(25-20)15-23-10-12-24(13-11-23)18-8-3-2-4-9-18/h2-9,14H,10-13,15H2,1H3/p+1. The lowest BCUT2D eigenvalue weighted by Crippen LogP contribution is -3.13. The molecular formula is C20H23N4O+. The van der Waals surface area contributed by atoms with Gasteiger partial charge in [0.15, 0.2) is 6.54 Å². The number of hydrogen-bond acceptors (Lipinski definition) is 4. The molecule has 0 radical (unpaired) electrons. The van der Waals surface area contributed by atoms with Crippen molar-refractivity contribution in [3.63, 3.8) is 0 Å². The van der Waals surface area contributed by atoms with E-state index in [2.05, 4.69) is 64.5 Å². The lowest BCUT2D eigenvalue weighted by Gasteiger charge is -2.33. The monoisotopic (exact) mass is 335 g/mol. The molecule has 0 saturated carbocycles. The minimum absolute atomic E-state index is 0.612. The zero-order valence-electron chi connectivity index (χ0n) is 14.5. The van der Waals surface area contributed by atoms with Crippen molar-refractivity contribution in [2.45, 2.75) is 13.5 Å². The Labute approximate surface area is 147 Å². The lowest BCUT2D eigenvalue weighted by atomic mass is 10.1. The van der Waals surface area contributed by atoms with Gasteiger partial charge < -0.3 is 14.2 Å². The largest absolute Gasteiger partial charge is 0.415 e. The highest BCUT2D eigenvalue weighted by atomic mass is 16.4. The zero-order chi connectivity index (χ0) is 17.1. The van der Waals surface area contributed by atoms with Gasteiger partial charge in [-0.2, -0.15) is 0 Å². The molecule has 0 spiro atoms. The molecule has 1 fully saturated rings. The molecule has 3 aromatic rings. The smallest absolute Gasteiger partial charge is 0.271 e. The Hall–Kier alpha value is -2.66. The maximum absolute atomic E-state index is 5.88. The molecule has 1 aliphatic heterocycles. The number of aromatic nitrogens is 2. The summed E-state index contributed by atoms with van der Waals surface area (Å²) in [6.45, 7) is 7.13. The van der Waals surface area contributed by atoms with Crippen LogP contribution in [0.2, 0.25) is 0 Å². The average Bonchev–Trinajstić information content (AvgIpc) is 3.12. The van der Waals surface area contributed by atoms with Crippen molar-refractivity contribution in [1.29, 1.82) is 0 Å². The lowest BCUT2D eigenvalue weighted by molar-refractivity contribution is -0.915. The molecule has 0 atom stereocenters. The fourth-order valence-corrected chi connectivity index (χ4v) is 3.33. The van der Waals surface area contributed by atoms with Crippen LogP contribution in [0.15, 0.2) is 59.0 Å². The number of nitrogens with zero attached hydrogens (tertiary/aromatic N) is 3. The highest BCUT2D eigenvalue weighted by Crippen LogP contribution is 2.18. The van der Waals surface area contributed by atoms with Crippen molar-refractivity contribution in [2.75, 3.05) is 31.1 Å². The summed E-state index contributed by atoms with van der Waals surface area (Å²) in [5.74, 6) is 1.33. The summed E-state index contributed by atoms with van der Waals surface area (Å²) in [6, 6.07) is 18.8. The Balaban J connectivity index is 1.36. The van der Waals surface area contributed by atoms with Crippen LogP contribution in [0.5, 0.6) is 0 Å². The Kier molecular flexibility index (Phi) is 4.48. The minimum atomic E-state index is 0.612. The van der Waals surface area contributed by atoms with Gasteiger partial charge in [-0.1, -0.05) is 35.9 Å². The topological polar surface area (TPSA) is 46.6 Å². The van der Waals surface area contributed by atoms with Crippen LogP contribution in [-0.2, 0) is 6.54 Å². The van der Waals surface area contributed by atoms with Gasteiger partial charge in [0.1, 0.15) is 0 Å². The van der Waals surface area contributed by atoms with E-state index in [-0.39, 0.29) is 0 Å². The molecule has 1 aliphatic rings. The van der Waals surface area contributed by atoms with Crippen molar-refractivity contribution < 1.29 is 9.32 Å². The number of rotatable bonds is 4. The summed E-state index contributed by atoms with van der Waals surface area (Å²) in [5.41, 5.74) is 3.49. The molecule has 1 aromatic heterocycles. The first-order valence-corrected chi connectivity index (χ1v) is 8.81. The first-order valence-electron chi connectivity index (χ1n) is 8.81. The fraction of sp³-hybridized carbons (Fsp3) is 0.300. The van der Waals surface area contributed by atoms with E-state index < -0.39 is 0 Å². The van der Waals surface area contributed by atoms with Crippen LogP contribution in [0.3, 0.4) is 0 Å². The van der Waals surface area contributed by atoms with Gasteiger partial charge in [0.05, 0.1) is 26.2 Å². The molecule has 5 heteroatoms. The fourth-order valence-electron chi connectivity index (χ4n) is 3.33. The van der Waals surface area contributed by atoms with Crippen LogP contribution in [-0.4, -0.2) is 36.4 Å². The molecule has 1 saturated heterocycles. The van der Waals surface area contributed by atoms with E-state index in [1.807, 2.05) is 12.1 Å². The van der Waals surface area contributed by atoms with Gasteiger partial charge in [0.2, 0.25) is 5.89 Å². The molecule has 0 unspecified atom stereocenters. The zero-order valence-corrected chi connectivity index (χ0v) is 14.5. The number of anilines is 1. The first kappa shape index (κ1) is 15.8. The summed E-state index contributed by atoms with van der Waals surface area (Å²) in [5, 5.41) is 8.46. The molecule has 4 rings (SSSR count). The van der Waals surface area contributed by atoms with E-state index in [1.165, 1.54) is 16.2 Å². The van der Waals surface area contributed by atoms with Gasteiger partial charge in [-0.3, -0.25) is 0 Å². The molecule has 25 heavy (non-hydrogen) atoms. The second-order valence-corrected chi connectivity index (χ2v) is 6.62. The number of para-hydroxylation sites is 1. The quantitative estimate of drug-likeness (QED) is 0.792. The van der Waals surface area contributed by atoms with Crippen LogP contribution in [0.4, 0.5) is 5.69 Å². The second kappa shape index (κ2) is 7.07. The maximum Gasteiger partial charge on any atom is 0.271 e. The first-order chi connectivity index (χ1) is 12.3. The predicted octanol–water partition coefficient (Wildman–Crippen LogP) is 1.95. The average molecular weight is 335 g/mol. The Morgan fingerprint density at radius 3 is 2.56 bits per heavy atom. The minimum Gasteiger partial charge on any atom is -0.415 e. The van der Waals surface area contributed by atoms with Crippen LogP contribution in [0.25, 0.3) is 11.5 Å². The van der Waals surface area contributed by atoms with Gasteiger partial charge in [-0.25, -0.2) is 0 Å². The van der Waals surface area contributed by atoms with Crippen molar-refractivity contribution in [3.8, 4) is 11.5 Å². The normalized spacial score (nSPS) is 15.5. The SMILES string of the molecule is Cc1cccc(-c2nnc(C[NH+]3CCN(c4ccccc4)CC3)o2)c1. The summed E-state index contributed by atoms with van der Waals surface area (Å²) >= 11 is 0. The maximum atomic E-state index is 5.88. The molecule has 0 aliphatic carbocycles. The van der Waals surface area contributed by atoms with E-state index in [0.29, 0.717) is 5.89 Å². The molecule has 128 valence electrons. The Bertz CT molecular complexity index is 822. The number of quaternary nitrogens is 1. The number of benzene rings is 2.